The number of hydrogen-bond donors (Lipinski definition) is 2. The zero-order chi connectivity index (χ0) is 21.7. The number of anilines is 1. The van der Waals surface area contributed by atoms with Crippen molar-refractivity contribution in [2.24, 2.45) is 0 Å². The maximum Gasteiger partial charge on any atom is 0.322 e. The summed E-state index contributed by atoms with van der Waals surface area (Å²) in [5.74, 6) is -0.377. The molecule has 0 aromatic heterocycles. The Balaban J connectivity index is 1.94. The van der Waals surface area contributed by atoms with Crippen molar-refractivity contribution in [3.8, 4) is 11.5 Å². The third-order valence-corrected chi connectivity index (χ3v) is 4.87. The van der Waals surface area contributed by atoms with Crippen LogP contribution >= 0.6 is 0 Å². The van der Waals surface area contributed by atoms with E-state index in [1.54, 1.807) is 12.1 Å². The molecular formula is C22H25FN2O5. The molecule has 0 bridgehead atoms. The second-order valence-corrected chi connectivity index (χ2v) is 6.86. The van der Waals surface area contributed by atoms with Gasteiger partial charge in [0, 0.05) is 12.2 Å². The summed E-state index contributed by atoms with van der Waals surface area (Å²) in [6, 6.07) is 8.02. The minimum atomic E-state index is -1.02. The van der Waals surface area contributed by atoms with Crippen LogP contribution in [-0.2, 0) is 11.2 Å². The summed E-state index contributed by atoms with van der Waals surface area (Å²) in [7, 11) is 0. The number of aliphatic carboxylic acids is 1. The minimum absolute atomic E-state index is 0.261. The molecule has 1 aliphatic rings. The van der Waals surface area contributed by atoms with E-state index in [9.17, 15) is 19.1 Å². The van der Waals surface area contributed by atoms with Gasteiger partial charge in [0.15, 0.2) is 11.5 Å². The molecule has 0 radical (unpaired) electrons. The van der Waals surface area contributed by atoms with Gasteiger partial charge in [-0.2, -0.15) is 0 Å². The summed E-state index contributed by atoms with van der Waals surface area (Å²) < 4.78 is 24.8. The molecule has 30 heavy (non-hydrogen) atoms. The monoisotopic (exact) mass is 416 g/mol. The van der Waals surface area contributed by atoms with Crippen LogP contribution in [0.3, 0.4) is 0 Å². The van der Waals surface area contributed by atoms with Gasteiger partial charge in [-0.25, -0.2) is 9.18 Å². The normalized spacial score (nSPS) is 15.3. The predicted molar refractivity (Wildman–Crippen MR) is 110 cm³/mol. The highest BCUT2D eigenvalue weighted by molar-refractivity contribution is 5.90. The third-order valence-electron chi connectivity index (χ3n) is 4.87. The molecule has 2 aromatic rings. The van der Waals surface area contributed by atoms with Gasteiger partial charge >= 0.3 is 12.0 Å². The smallest absolute Gasteiger partial charge is 0.322 e. The van der Waals surface area contributed by atoms with Gasteiger partial charge < -0.3 is 24.8 Å². The zero-order valence-corrected chi connectivity index (χ0v) is 17.0. The number of carbonyl (C=O) groups excluding carboxylic acids is 1. The number of hydrogen-bond acceptors (Lipinski definition) is 4. The van der Waals surface area contributed by atoms with Crippen molar-refractivity contribution in [2.75, 3.05) is 25.1 Å². The summed E-state index contributed by atoms with van der Waals surface area (Å²) >= 11 is 0. The van der Waals surface area contributed by atoms with Crippen molar-refractivity contribution in [3.63, 3.8) is 0 Å². The molecule has 0 saturated heterocycles. The molecule has 1 unspecified atom stereocenters. The van der Waals surface area contributed by atoms with Gasteiger partial charge in [-0.1, -0.05) is 6.07 Å². The Labute approximate surface area is 174 Å². The van der Waals surface area contributed by atoms with E-state index in [1.165, 1.54) is 23.1 Å². The predicted octanol–water partition coefficient (Wildman–Crippen LogP) is 4.23. The van der Waals surface area contributed by atoms with Crippen LogP contribution in [0.25, 0.3) is 0 Å². The fourth-order valence-corrected chi connectivity index (χ4v) is 3.64. The lowest BCUT2D eigenvalue weighted by Gasteiger charge is -2.37. The zero-order valence-electron chi connectivity index (χ0n) is 17.0. The Morgan fingerprint density at radius 2 is 1.87 bits per heavy atom. The van der Waals surface area contributed by atoms with E-state index in [-0.39, 0.29) is 6.42 Å². The van der Waals surface area contributed by atoms with Crippen LogP contribution in [0.4, 0.5) is 14.9 Å². The van der Waals surface area contributed by atoms with Gasteiger partial charge in [-0.05, 0) is 61.7 Å². The molecule has 3 rings (SSSR count). The van der Waals surface area contributed by atoms with Gasteiger partial charge in [-0.3, -0.25) is 4.79 Å². The lowest BCUT2D eigenvalue weighted by molar-refractivity contribution is -0.138. The number of urea groups is 1. The van der Waals surface area contributed by atoms with Crippen LogP contribution in [0.2, 0.25) is 0 Å². The Hall–Kier alpha value is -3.29. The second-order valence-electron chi connectivity index (χ2n) is 6.86. The molecule has 0 saturated carbocycles. The molecule has 8 heteroatoms. The Bertz CT molecular complexity index is 934. The molecule has 0 fully saturated rings. The molecule has 2 N–H and O–H groups in total. The first-order chi connectivity index (χ1) is 14.4. The highest BCUT2D eigenvalue weighted by Gasteiger charge is 2.34. The molecule has 0 spiro atoms. The molecule has 1 heterocycles. The average Bonchev–Trinajstić information content (AvgIpc) is 2.69. The number of nitrogens with zero attached hydrogens (tertiary/aromatic N) is 1. The number of nitrogens with one attached hydrogen (secondary N) is 1. The summed E-state index contributed by atoms with van der Waals surface area (Å²) in [6.07, 6.45) is 0.275. The summed E-state index contributed by atoms with van der Waals surface area (Å²) in [5, 5.41) is 12.1. The fourth-order valence-electron chi connectivity index (χ4n) is 3.64. The van der Waals surface area contributed by atoms with Gasteiger partial charge in [0.05, 0.1) is 25.7 Å². The van der Waals surface area contributed by atoms with Gasteiger partial charge in [-0.15, -0.1) is 0 Å². The number of benzene rings is 2. The second kappa shape index (κ2) is 9.47. The van der Waals surface area contributed by atoms with Crippen molar-refractivity contribution >= 4 is 17.7 Å². The standard InChI is InChI=1S/C22H25FN2O5/c1-3-29-19-10-14-8-9-25(22(28)24-16-7-5-6-15(23)11-16)18(13-21(26)27)17(14)12-20(19)30-4-2/h5-7,10-12,18H,3-4,8-9,13H2,1-2H3,(H,24,28)(H,26,27). The van der Waals surface area contributed by atoms with Gasteiger partial charge in [0.25, 0.3) is 0 Å². The molecule has 2 aromatic carbocycles. The van der Waals surface area contributed by atoms with E-state index < -0.39 is 23.9 Å². The Morgan fingerprint density at radius 1 is 1.17 bits per heavy atom. The highest BCUT2D eigenvalue weighted by atomic mass is 19.1. The van der Waals surface area contributed by atoms with E-state index in [0.717, 1.165) is 5.56 Å². The number of carboxylic acid groups (broad SMARTS) is 1. The first-order valence-corrected chi connectivity index (χ1v) is 9.90. The van der Waals surface area contributed by atoms with Crippen molar-refractivity contribution in [1.29, 1.82) is 0 Å². The molecule has 7 nitrogen and oxygen atoms in total. The topological polar surface area (TPSA) is 88.1 Å². The number of amides is 2. The van der Waals surface area contributed by atoms with E-state index in [4.69, 9.17) is 9.47 Å². The maximum absolute atomic E-state index is 13.5. The molecular weight excluding hydrogens is 391 g/mol. The van der Waals surface area contributed by atoms with E-state index >= 15 is 0 Å². The fraction of sp³-hybridized carbons (Fsp3) is 0.364. The first-order valence-electron chi connectivity index (χ1n) is 9.90. The number of fused-ring (bicyclic) bond motifs is 1. The minimum Gasteiger partial charge on any atom is -0.490 e. The number of halogens is 1. The van der Waals surface area contributed by atoms with Crippen LogP contribution in [0.5, 0.6) is 11.5 Å². The van der Waals surface area contributed by atoms with Crippen LogP contribution in [0.1, 0.15) is 37.4 Å². The number of carbonyl (C=O) groups is 2. The van der Waals surface area contributed by atoms with E-state index in [2.05, 4.69) is 5.32 Å². The van der Waals surface area contributed by atoms with Crippen molar-refractivity contribution < 1.29 is 28.6 Å². The quantitative estimate of drug-likeness (QED) is 0.705. The van der Waals surface area contributed by atoms with Gasteiger partial charge in [0.1, 0.15) is 5.82 Å². The third kappa shape index (κ3) is 4.82. The molecule has 0 aliphatic carbocycles. The lowest BCUT2D eigenvalue weighted by atomic mass is 9.90. The molecule has 2 amide bonds. The maximum atomic E-state index is 13.5. The van der Waals surface area contributed by atoms with Crippen molar-refractivity contribution in [2.45, 2.75) is 32.7 Å². The van der Waals surface area contributed by atoms with Gasteiger partial charge in [0.2, 0.25) is 0 Å². The SMILES string of the molecule is CCOc1cc2c(cc1OCC)C(CC(=O)O)N(C(=O)Nc1cccc(F)c1)CC2. The lowest BCUT2D eigenvalue weighted by Crippen LogP contribution is -2.43. The molecule has 1 atom stereocenters. The average molecular weight is 416 g/mol. The van der Waals surface area contributed by atoms with E-state index in [0.29, 0.717) is 48.9 Å². The van der Waals surface area contributed by atoms with Crippen LogP contribution < -0.4 is 14.8 Å². The first kappa shape index (κ1) is 21.4. The highest BCUT2D eigenvalue weighted by Crippen LogP contribution is 2.40. The Kier molecular flexibility index (Phi) is 6.76. The number of ether oxygens (including phenoxy) is 2. The van der Waals surface area contributed by atoms with Crippen LogP contribution in [-0.4, -0.2) is 41.8 Å². The van der Waals surface area contributed by atoms with Crippen molar-refractivity contribution in [3.05, 3.63) is 53.3 Å². The summed E-state index contributed by atoms with van der Waals surface area (Å²) in [5.41, 5.74) is 1.94. The molecule has 1 aliphatic heterocycles. The summed E-state index contributed by atoms with van der Waals surface area (Å²) in [6.45, 7) is 4.95. The van der Waals surface area contributed by atoms with Crippen LogP contribution in [0.15, 0.2) is 36.4 Å². The Morgan fingerprint density at radius 3 is 2.50 bits per heavy atom. The number of carboxylic acids is 1. The molecule has 160 valence electrons. The largest absolute Gasteiger partial charge is 0.490 e. The number of rotatable bonds is 7. The summed E-state index contributed by atoms with van der Waals surface area (Å²) in [4.78, 5) is 25.9. The van der Waals surface area contributed by atoms with E-state index in [1.807, 2.05) is 19.9 Å². The van der Waals surface area contributed by atoms with Crippen molar-refractivity contribution in [1.82, 2.24) is 4.90 Å². The van der Waals surface area contributed by atoms with Crippen LogP contribution in [0, 0.1) is 5.82 Å².